The zero-order valence-electron chi connectivity index (χ0n) is 13.0. The van der Waals surface area contributed by atoms with Crippen LogP contribution in [0.2, 0.25) is 0 Å². The van der Waals surface area contributed by atoms with E-state index in [2.05, 4.69) is 28.2 Å². The van der Waals surface area contributed by atoms with Crippen LogP contribution in [0.25, 0.3) is 0 Å². The van der Waals surface area contributed by atoms with Gasteiger partial charge in [-0.1, -0.05) is 28.9 Å². The van der Waals surface area contributed by atoms with Gasteiger partial charge in [-0.3, -0.25) is 0 Å². The molecule has 0 aliphatic carbocycles. The highest BCUT2D eigenvalue weighted by molar-refractivity contribution is 9.10. The summed E-state index contributed by atoms with van der Waals surface area (Å²) in [7, 11) is 0. The van der Waals surface area contributed by atoms with Gasteiger partial charge in [-0.25, -0.2) is 4.39 Å². The highest BCUT2D eigenvalue weighted by Gasteiger charge is 2.23. The molecule has 0 spiro atoms. The van der Waals surface area contributed by atoms with Crippen LogP contribution in [0.4, 0.5) is 4.39 Å². The van der Waals surface area contributed by atoms with E-state index in [-0.39, 0.29) is 18.1 Å². The van der Waals surface area contributed by atoms with E-state index in [4.69, 9.17) is 9.47 Å². The molecule has 0 bridgehead atoms. The first-order valence-corrected chi connectivity index (χ1v) is 8.32. The molecule has 1 rings (SSSR count). The maximum atomic E-state index is 13.2. The summed E-state index contributed by atoms with van der Waals surface area (Å²) in [5.41, 5.74) is 1.04. The number of rotatable bonds is 10. The second-order valence-electron chi connectivity index (χ2n) is 4.78. The molecule has 1 N–H and O–H groups in total. The van der Waals surface area contributed by atoms with Gasteiger partial charge in [0.15, 0.2) is 6.29 Å². The van der Waals surface area contributed by atoms with Gasteiger partial charge in [0.2, 0.25) is 0 Å². The minimum Gasteiger partial charge on any atom is -0.351 e. The van der Waals surface area contributed by atoms with Crippen molar-refractivity contribution in [2.24, 2.45) is 0 Å². The zero-order valence-corrected chi connectivity index (χ0v) is 14.6. The van der Waals surface area contributed by atoms with E-state index in [1.807, 2.05) is 13.8 Å². The average molecular weight is 362 g/mol. The molecule has 0 aliphatic heterocycles. The highest BCUT2D eigenvalue weighted by Crippen LogP contribution is 2.21. The van der Waals surface area contributed by atoms with E-state index in [1.165, 1.54) is 12.1 Å². The van der Waals surface area contributed by atoms with Crippen LogP contribution < -0.4 is 5.32 Å². The van der Waals surface area contributed by atoms with Crippen LogP contribution in [-0.4, -0.2) is 32.1 Å². The van der Waals surface area contributed by atoms with E-state index in [1.54, 1.807) is 6.07 Å². The Morgan fingerprint density at radius 3 is 2.38 bits per heavy atom. The molecular formula is C16H25BrFNO2. The first kappa shape index (κ1) is 18.6. The van der Waals surface area contributed by atoms with Crippen molar-refractivity contribution >= 4 is 15.9 Å². The third kappa shape index (κ3) is 6.43. The van der Waals surface area contributed by atoms with Crippen LogP contribution in [0.5, 0.6) is 0 Å². The summed E-state index contributed by atoms with van der Waals surface area (Å²) in [6, 6.07) is 4.80. The molecular weight excluding hydrogens is 337 g/mol. The fourth-order valence-corrected chi connectivity index (χ4v) is 2.64. The van der Waals surface area contributed by atoms with Gasteiger partial charge in [-0.15, -0.1) is 0 Å². The molecule has 0 saturated heterocycles. The topological polar surface area (TPSA) is 30.5 Å². The van der Waals surface area contributed by atoms with Gasteiger partial charge >= 0.3 is 0 Å². The molecule has 120 valence electrons. The molecule has 3 nitrogen and oxygen atoms in total. The van der Waals surface area contributed by atoms with Gasteiger partial charge in [0.1, 0.15) is 5.82 Å². The van der Waals surface area contributed by atoms with E-state index in [9.17, 15) is 4.39 Å². The van der Waals surface area contributed by atoms with Crippen LogP contribution in [0.3, 0.4) is 0 Å². The lowest BCUT2D eigenvalue weighted by Crippen LogP contribution is -2.45. The molecule has 0 saturated carbocycles. The molecule has 0 amide bonds. The first-order chi connectivity index (χ1) is 10.1. The van der Waals surface area contributed by atoms with Crippen LogP contribution in [-0.2, 0) is 15.9 Å². The van der Waals surface area contributed by atoms with Crippen molar-refractivity contribution in [2.75, 3.05) is 19.8 Å². The molecule has 0 aromatic heterocycles. The number of hydrogen-bond donors (Lipinski definition) is 1. The average Bonchev–Trinajstić information content (AvgIpc) is 2.45. The number of ether oxygens (including phenoxy) is 2. The maximum absolute atomic E-state index is 13.2. The Labute approximate surface area is 135 Å². The van der Waals surface area contributed by atoms with E-state index < -0.39 is 0 Å². The summed E-state index contributed by atoms with van der Waals surface area (Å²) >= 11 is 3.42. The molecule has 1 atom stereocenters. The molecule has 0 heterocycles. The van der Waals surface area contributed by atoms with Crippen molar-refractivity contribution in [1.29, 1.82) is 0 Å². The van der Waals surface area contributed by atoms with Gasteiger partial charge < -0.3 is 14.8 Å². The van der Waals surface area contributed by atoms with Gasteiger partial charge in [0.05, 0.1) is 6.04 Å². The standard InChI is InChI=1S/C16H25BrFNO2/c1-4-9-19-15(16(20-5-2)21-6-3)10-12-7-8-13(18)11-14(12)17/h7-8,11,15-16,19H,4-6,9-10H2,1-3H3. The molecule has 0 radical (unpaired) electrons. The minimum atomic E-state index is -0.302. The second kappa shape index (κ2) is 10.3. The van der Waals surface area contributed by atoms with Crippen molar-refractivity contribution < 1.29 is 13.9 Å². The molecule has 0 aliphatic rings. The Hall–Kier alpha value is -0.490. The maximum Gasteiger partial charge on any atom is 0.172 e. The number of hydrogen-bond acceptors (Lipinski definition) is 3. The largest absolute Gasteiger partial charge is 0.351 e. The summed E-state index contributed by atoms with van der Waals surface area (Å²) in [6.07, 6.45) is 1.45. The van der Waals surface area contributed by atoms with Crippen molar-refractivity contribution in [3.05, 3.63) is 34.1 Å². The lowest BCUT2D eigenvalue weighted by atomic mass is 10.0. The van der Waals surface area contributed by atoms with Crippen LogP contribution in [0, 0.1) is 5.82 Å². The molecule has 21 heavy (non-hydrogen) atoms. The van der Waals surface area contributed by atoms with Crippen molar-refractivity contribution in [3.8, 4) is 0 Å². The fraction of sp³-hybridized carbons (Fsp3) is 0.625. The van der Waals surface area contributed by atoms with Crippen molar-refractivity contribution in [2.45, 2.75) is 45.9 Å². The SMILES string of the molecule is CCCNC(Cc1ccc(F)cc1Br)C(OCC)OCC. The quantitative estimate of drug-likeness (QED) is 0.641. The fourth-order valence-electron chi connectivity index (χ4n) is 2.13. The Morgan fingerprint density at radius 2 is 1.86 bits per heavy atom. The van der Waals surface area contributed by atoms with Gasteiger partial charge in [-0.2, -0.15) is 0 Å². The number of halogens is 2. The van der Waals surface area contributed by atoms with E-state index >= 15 is 0 Å². The first-order valence-electron chi connectivity index (χ1n) is 7.52. The lowest BCUT2D eigenvalue weighted by Gasteiger charge is -2.28. The van der Waals surface area contributed by atoms with E-state index in [0.29, 0.717) is 19.6 Å². The van der Waals surface area contributed by atoms with Gasteiger partial charge in [-0.05, 0) is 50.9 Å². The lowest BCUT2D eigenvalue weighted by molar-refractivity contribution is -0.153. The smallest absolute Gasteiger partial charge is 0.172 e. The van der Waals surface area contributed by atoms with E-state index in [0.717, 1.165) is 23.0 Å². The number of benzene rings is 1. The molecule has 1 unspecified atom stereocenters. The minimum absolute atomic E-state index is 0.0339. The molecule has 5 heteroatoms. The second-order valence-corrected chi connectivity index (χ2v) is 5.63. The Bertz CT molecular complexity index is 411. The molecule has 1 aromatic rings. The zero-order chi connectivity index (χ0) is 15.7. The summed E-state index contributed by atoms with van der Waals surface area (Å²) in [6.45, 7) is 8.11. The summed E-state index contributed by atoms with van der Waals surface area (Å²) in [4.78, 5) is 0. The monoisotopic (exact) mass is 361 g/mol. The molecule has 1 aromatic carbocycles. The Kier molecular flexibility index (Phi) is 9.08. The third-order valence-electron chi connectivity index (χ3n) is 3.10. The van der Waals surface area contributed by atoms with Crippen molar-refractivity contribution in [3.63, 3.8) is 0 Å². The van der Waals surface area contributed by atoms with Crippen LogP contribution >= 0.6 is 15.9 Å². The van der Waals surface area contributed by atoms with Gasteiger partial charge in [0.25, 0.3) is 0 Å². The predicted octanol–water partition coefficient (Wildman–Crippen LogP) is 3.90. The summed E-state index contributed by atoms with van der Waals surface area (Å²) in [5, 5.41) is 3.46. The molecule has 0 fully saturated rings. The third-order valence-corrected chi connectivity index (χ3v) is 3.84. The Morgan fingerprint density at radius 1 is 1.19 bits per heavy atom. The number of nitrogens with one attached hydrogen (secondary N) is 1. The summed E-state index contributed by atoms with van der Waals surface area (Å²) < 4.78 is 25.4. The predicted molar refractivity (Wildman–Crippen MR) is 86.9 cm³/mol. The summed E-state index contributed by atoms with van der Waals surface area (Å²) in [5.74, 6) is -0.241. The van der Waals surface area contributed by atoms with Crippen molar-refractivity contribution in [1.82, 2.24) is 5.32 Å². The normalized spacial score (nSPS) is 12.9. The van der Waals surface area contributed by atoms with Crippen LogP contribution in [0.1, 0.15) is 32.8 Å². The van der Waals surface area contributed by atoms with Gasteiger partial charge in [0, 0.05) is 17.7 Å². The highest BCUT2D eigenvalue weighted by atomic mass is 79.9. The van der Waals surface area contributed by atoms with Crippen LogP contribution in [0.15, 0.2) is 22.7 Å². The Balaban J connectivity index is 2.84.